The summed E-state index contributed by atoms with van der Waals surface area (Å²) in [7, 11) is 0. The second kappa shape index (κ2) is 7.63. The van der Waals surface area contributed by atoms with E-state index in [1.165, 1.54) is 11.1 Å². The first-order valence-electron chi connectivity index (χ1n) is 7.35. The largest absolute Gasteiger partial charge is 0.375 e. The summed E-state index contributed by atoms with van der Waals surface area (Å²) in [5.41, 5.74) is 2.66. The van der Waals surface area contributed by atoms with Crippen molar-refractivity contribution in [2.24, 2.45) is 0 Å². The van der Waals surface area contributed by atoms with Crippen molar-refractivity contribution in [2.45, 2.75) is 26.4 Å². The third-order valence-electron chi connectivity index (χ3n) is 3.68. The highest BCUT2D eigenvalue weighted by Gasteiger charge is 2.08. The smallest absolute Gasteiger partial charge is 0.0717 e. The van der Waals surface area contributed by atoms with Gasteiger partial charge in [-0.2, -0.15) is 0 Å². The van der Waals surface area contributed by atoms with Gasteiger partial charge in [-0.25, -0.2) is 0 Å². The van der Waals surface area contributed by atoms with Gasteiger partial charge >= 0.3 is 0 Å². The van der Waals surface area contributed by atoms with Crippen LogP contribution in [0, 0.1) is 0 Å². The van der Waals surface area contributed by atoms with Gasteiger partial charge in [0.2, 0.25) is 0 Å². The maximum atomic E-state index is 5.76. The maximum Gasteiger partial charge on any atom is 0.0717 e. The number of ether oxygens (including phenoxy) is 1. The molecule has 1 aliphatic heterocycles. The second-order valence-corrected chi connectivity index (χ2v) is 5.54. The summed E-state index contributed by atoms with van der Waals surface area (Å²) in [6, 6.07) is 8.78. The lowest BCUT2D eigenvalue weighted by Gasteiger charge is -2.26. The van der Waals surface area contributed by atoms with Crippen molar-refractivity contribution in [2.75, 3.05) is 39.3 Å². The van der Waals surface area contributed by atoms with Gasteiger partial charge in [0.1, 0.15) is 0 Å². The molecule has 1 aromatic rings. The minimum atomic E-state index is 0.600. The van der Waals surface area contributed by atoms with Gasteiger partial charge in [-0.1, -0.05) is 38.1 Å². The van der Waals surface area contributed by atoms with E-state index in [2.05, 4.69) is 48.3 Å². The van der Waals surface area contributed by atoms with Crippen molar-refractivity contribution in [1.29, 1.82) is 0 Å². The van der Waals surface area contributed by atoms with E-state index in [0.717, 1.165) is 45.9 Å². The zero-order valence-electron chi connectivity index (χ0n) is 12.2. The minimum absolute atomic E-state index is 0.600. The topological polar surface area (TPSA) is 24.5 Å². The van der Waals surface area contributed by atoms with Crippen LogP contribution in [0.5, 0.6) is 0 Å². The molecule has 1 aliphatic rings. The van der Waals surface area contributed by atoms with Crippen LogP contribution in [0.1, 0.15) is 30.9 Å². The van der Waals surface area contributed by atoms with E-state index in [1.54, 1.807) is 0 Å². The highest BCUT2D eigenvalue weighted by atomic mass is 16.5. The molecule has 1 N–H and O–H groups in total. The molecule has 0 aliphatic carbocycles. The van der Waals surface area contributed by atoms with Gasteiger partial charge in [-0.05, 0) is 17.0 Å². The van der Waals surface area contributed by atoms with Gasteiger partial charge in [0.15, 0.2) is 0 Å². The zero-order valence-corrected chi connectivity index (χ0v) is 12.2. The molecule has 3 heteroatoms. The van der Waals surface area contributed by atoms with Crippen LogP contribution in [0.4, 0.5) is 0 Å². The average Bonchev–Trinajstić information content (AvgIpc) is 2.45. The van der Waals surface area contributed by atoms with Crippen LogP contribution in [0.15, 0.2) is 24.3 Å². The van der Waals surface area contributed by atoms with Crippen molar-refractivity contribution < 1.29 is 4.74 Å². The molecule has 0 amide bonds. The molecule has 1 heterocycles. The van der Waals surface area contributed by atoms with Crippen LogP contribution < -0.4 is 5.32 Å². The first-order valence-corrected chi connectivity index (χ1v) is 7.35. The Morgan fingerprint density at radius 1 is 1.16 bits per heavy atom. The SMILES string of the molecule is CC(C)c1ccc(COCCN2CCNCC2)cc1. The van der Waals surface area contributed by atoms with E-state index < -0.39 is 0 Å². The predicted octanol–water partition coefficient (Wildman–Crippen LogP) is 2.23. The van der Waals surface area contributed by atoms with Gasteiger partial charge in [-0.3, -0.25) is 4.90 Å². The van der Waals surface area contributed by atoms with Crippen molar-refractivity contribution in [3.05, 3.63) is 35.4 Å². The van der Waals surface area contributed by atoms with Crippen LogP contribution in [0.3, 0.4) is 0 Å². The van der Waals surface area contributed by atoms with Gasteiger partial charge in [0, 0.05) is 32.7 Å². The molecule has 0 bridgehead atoms. The van der Waals surface area contributed by atoms with Crippen LogP contribution >= 0.6 is 0 Å². The lowest BCUT2D eigenvalue weighted by atomic mass is 10.0. The van der Waals surface area contributed by atoms with Crippen LogP contribution in [0.2, 0.25) is 0 Å². The summed E-state index contributed by atoms with van der Waals surface area (Å²) in [5.74, 6) is 0.600. The number of nitrogens with zero attached hydrogens (tertiary/aromatic N) is 1. The summed E-state index contributed by atoms with van der Waals surface area (Å²) >= 11 is 0. The number of hydrogen-bond donors (Lipinski definition) is 1. The Morgan fingerprint density at radius 3 is 2.47 bits per heavy atom. The monoisotopic (exact) mass is 262 g/mol. The Kier molecular flexibility index (Phi) is 5.83. The van der Waals surface area contributed by atoms with Crippen molar-refractivity contribution in [3.8, 4) is 0 Å². The van der Waals surface area contributed by atoms with E-state index in [0.29, 0.717) is 5.92 Å². The number of piperazine rings is 1. The molecule has 0 saturated carbocycles. The van der Waals surface area contributed by atoms with E-state index in [1.807, 2.05) is 0 Å². The molecule has 3 nitrogen and oxygen atoms in total. The van der Waals surface area contributed by atoms with Crippen molar-refractivity contribution in [3.63, 3.8) is 0 Å². The fourth-order valence-corrected chi connectivity index (χ4v) is 2.32. The average molecular weight is 262 g/mol. The molecule has 1 aromatic carbocycles. The summed E-state index contributed by atoms with van der Waals surface area (Å²) in [5, 5.41) is 3.36. The number of rotatable bonds is 6. The Bertz CT molecular complexity index is 356. The molecule has 0 spiro atoms. The van der Waals surface area contributed by atoms with Gasteiger partial charge in [0.25, 0.3) is 0 Å². The number of benzene rings is 1. The highest BCUT2D eigenvalue weighted by Crippen LogP contribution is 2.15. The second-order valence-electron chi connectivity index (χ2n) is 5.54. The Hall–Kier alpha value is -0.900. The fraction of sp³-hybridized carbons (Fsp3) is 0.625. The molecular formula is C16H26N2O. The molecule has 1 saturated heterocycles. The van der Waals surface area contributed by atoms with Crippen LogP contribution in [0.25, 0.3) is 0 Å². The Morgan fingerprint density at radius 2 is 1.84 bits per heavy atom. The molecular weight excluding hydrogens is 236 g/mol. The number of nitrogens with one attached hydrogen (secondary N) is 1. The molecule has 106 valence electrons. The van der Waals surface area contributed by atoms with Crippen molar-refractivity contribution in [1.82, 2.24) is 10.2 Å². The van der Waals surface area contributed by atoms with E-state index in [-0.39, 0.29) is 0 Å². The Balaban J connectivity index is 1.64. The Labute approximate surface area is 116 Å². The third kappa shape index (κ3) is 4.94. The first-order chi connectivity index (χ1) is 9.25. The van der Waals surface area contributed by atoms with Gasteiger partial charge < -0.3 is 10.1 Å². The fourth-order valence-electron chi connectivity index (χ4n) is 2.32. The summed E-state index contributed by atoms with van der Waals surface area (Å²) in [6.07, 6.45) is 0. The van der Waals surface area contributed by atoms with Crippen molar-refractivity contribution >= 4 is 0 Å². The predicted molar refractivity (Wildman–Crippen MR) is 79.5 cm³/mol. The zero-order chi connectivity index (χ0) is 13.5. The summed E-state index contributed by atoms with van der Waals surface area (Å²) < 4.78 is 5.76. The minimum Gasteiger partial charge on any atom is -0.375 e. The quantitative estimate of drug-likeness (QED) is 0.796. The van der Waals surface area contributed by atoms with Crippen LogP contribution in [-0.2, 0) is 11.3 Å². The van der Waals surface area contributed by atoms with Gasteiger partial charge in [-0.15, -0.1) is 0 Å². The lowest BCUT2D eigenvalue weighted by Crippen LogP contribution is -2.44. The summed E-state index contributed by atoms with van der Waals surface area (Å²) in [4.78, 5) is 2.46. The molecule has 0 radical (unpaired) electrons. The molecule has 19 heavy (non-hydrogen) atoms. The van der Waals surface area contributed by atoms with E-state index in [9.17, 15) is 0 Å². The van der Waals surface area contributed by atoms with E-state index in [4.69, 9.17) is 4.74 Å². The molecule has 0 atom stereocenters. The van der Waals surface area contributed by atoms with E-state index >= 15 is 0 Å². The lowest BCUT2D eigenvalue weighted by molar-refractivity contribution is 0.0886. The normalized spacial score (nSPS) is 17.0. The van der Waals surface area contributed by atoms with Crippen LogP contribution in [-0.4, -0.2) is 44.2 Å². The third-order valence-corrected chi connectivity index (χ3v) is 3.68. The number of hydrogen-bond acceptors (Lipinski definition) is 3. The standard InChI is InChI=1S/C16H26N2O/c1-14(2)16-5-3-15(4-6-16)13-19-12-11-18-9-7-17-8-10-18/h3-6,14,17H,7-13H2,1-2H3. The summed E-state index contributed by atoms with van der Waals surface area (Å²) in [6.45, 7) is 11.5. The highest BCUT2D eigenvalue weighted by molar-refractivity contribution is 5.24. The molecule has 0 unspecified atom stereocenters. The molecule has 0 aromatic heterocycles. The molecule has 2 rings (SSSR count). The maximum absolute atomic E-state index is 5.76. The first kappa shape index (κ1) is 14.5. The van der Waals surface area contributed by atoms with Gasteiger partial charge in [0.05, 0.1) is 13.2 Å². The molecule has 1 fully saturated rings.